The first-order chi connectivity index (χ1) is 11.1. The van der Waals surface area contributed by atoms with Gasteiger partial charge in [-0.15, -0.1) is 24.0 Å². The van der Waals surface area contributed by atoms with Crippen molar-refractivity contribution >= 4 is 29.9 Å². The first-order valence-electron chi connectivity index (χ1n) is 7.89. The fourth-order valence-corrected chi connectivity index (χ4v) is 2.77. The summed E-state index contributed by atoms with van der Waals surface area (Å²) in [6, 6.07) is 5.08. The highest BCUT2D eigenvalue weighted by Gasteiger charge is 2.19. The lowest BCUT2D eigenvalue weighted by Gasteiger charge is -2.24. The molecular formula is C17H27FIN3O2. The second kappa shape index (κ2) is 10.8. The summed E-state index contributed by atoms with van der Waals surface area (Å²) in [5.41, 5.74) is 1.57. The number of hydrogen-bond donors (Lipinski definition) is 1. The summed E-state index contributed by atoms with van der Waals surface area (Å²) in [5, 5.41) is 3.32. The number of nitrogens with one attached hydrogen (secondary N) is 1. The fraction of sp³-hybridized carbons (Fsp3) is 0.588. The van der Waals surface area contributed by atoms with Crippen molar-refractivity contribution in [3.8, 4) is 0 Å². The van der Waals surface area contributed by atoms with Gasteiger partial charge >= 0.3 is 0 Å². The average molecular weight is 451 g/mol. The Hall–Kier alpha value is -0.930. The highest BCUT2D eigenvalue weighted by atomic mass is 127. The van der Waals surface area contributed by atoms with Gasteiger partial charge in [-0.3, -0.25) is 4.99 Å². The second-order valence-corrected chi connectivity index (χ2v) is 5.87. The van der Waals surface area contributed by atoms with Gasteiger partial charge < -0.3 is 19.7 Å². The van der Waals surface area contributed by atoms with E-state index in [9.17, 15) is 4.39 Å². The molecule has 5 nitrogen and oxygen atoms in total. The summed E-state index contributed by atoms with van der Waals surface area (Å²) < 4.78 is 24.1. The van der Waals surface area contributed by atoms with E-state index in [2.05, 4.69) is 15.2 Å². The Morgan fingerprint density at radius 1 is 1.50 bits per heavy atom. The molecule has 1 aromatic rings. The van der Waals surface area contributed by atoms with E-state index in [1.807, 2.05) is 13.1 Å². The Bertz CT molecular complexity index is 537. The summed E-state index contributed by atoms with van der Waals surface area (Å²) in [4.78, 5) is 6.42. The number of ether oxygens (including phenoxy) is 2. The molecule has 0 spiro atoms. The van der Waals surface area contributed by atoms with Crippen LogP contribution in [0, 0.1) is 11.7 Å². The molecule has 0 amide bonds. The van der Waals surface area contributed by atoms with Crippen LogP contribution in [0.1, 0.15) is 17.5 Å². The predicted octanol–water partition coefficient (Wildman–Crippen LogP) is 2.63. The zero-order valence-corrected chi connectivity index (χ0v) is 16.9. The number of guanidine groups is 1. The summed E-state index contributed by atoms with van der Waals surface area (Å²) >= 11 is 0. The summed E-state index contributed by atoms with van der Waals surface area (Å²) in [7, 11) is 5.35. The molecule has 0 saturated carbocycles. The van der Waals surface area contributed by atoms with Gasteiger partial charge in [0, 0.05) is 52.4 Å². The molecule has 1 aromatic carbocycles. The quantitative estimate of drug-likeness (QED) is 0.411. The van der Waals surface area contributed by atoms with E-state index in [1.165, 1.54) is 6.07 Å². The van der Waals surface area contributed by atoms with Gasteiger partial charge in [0.2, 0.25) is 0 Å². The fourth-order valence-electron chi connectivity index (χ4n) is 2.77. The lowest BCUT2D eigenvalue weighted by atomic mass is 10.1. The van der Waals surface area contributed by atoms with E-state index in [-0.39, 0.29) is 36.4 Å². The van der Waals surface area contributed by atoms with Gasteiger partial charge in [0.05, 0.1) is 13.2 Å². The molecular weight excluding hydrogens is 424 g/mol. The van der Waals surface area contributed by atoms with Crippen molar-refractivity contribution in [1.82, 2.24) is 10.2 Å². The van der Waals surface area contributed by atoms with Crippen LogP contribution in [0.15, 0.2) is 23.2 Å². The zero-order valence-electron chi connectivity index (χ0n) is 14.5. The zero-order chi connectivity index (χ0) is 16.7. The monoisotopic (exact) mass is 451 g/mol. The summed E-state index contributed by atoms with van der Waals surface area (Å²) in [6.45, 7) is 3.45. The molecule has 0 aromatic heterocycles. The van der Waals surface area contributed by atoms with Crippen molar-refractivity contribution in [2.24, 2.45) is 10.9 Å². The normalized spacial score (nSPS) is 17.5. The maximum Gasteiger partial charge on any atom is 0.193 e. The molecule has 0 aliphatic carbocycles. The van der Waals surface area contributed by atoms with Crippen LogP contribution in [-0.4, -0.2) is 51.8 Å². The van der Waals surface area contributed by atoms with E-state index < -0.39 is 0 Å². The minimum atomic E-state index is -0.238. The minimum Gasteiger partial charge on any atom is -0.381 e. The number of nitrogens with zero attached hydrogens (tertiary/aromatic N) is 2. The van der Waals surface area contributed by atoms with Gasteiger partial charge in [-0.05, 0) is 24.1 Å². The molecule has 136 valence electrons. The summed E-state index contributed by atoms with van der Waals surface area (Å²) in [5.74, 6) is 1.14. The molecule has 1 atom stereocenters. The molecule has 1 aliphatic heterocycles. The molecule has 0 radical (unpaired) electrons. The largest absolute Gasteiger partial charge is 0.381 e. The van der Waals surface area contributed by atoms with E-state index >= 15 is 0 Å². The van der Waals surface area contributed by atoms with Gasteiger partial charge in [-0.1, -0.05) is 6.07 Å². The third kappa shape index (κ3) is 6.18. The smallest absolute Gasteiger partial charge is 0.193 e. The maximum absolute atomic E-state index is 13.6. The van der Waals surface area contributed by atoms with Crippen LogP contribution < -0.4 is 5.32 Å². The number of rotatable bonds is 6. The van der Waals surface area contributed by atoms with Crippen molar-refractivity contribution in [2.45, 2.75) is 19.6 Å². The van der Waals surface area contributed by atoms with Crippen molar-refractivity contribution in [3.63, 3.8) is 0 Å². The lowest BCUT2D eigenvalue weighted by Crippen LogP contribution is -2.41. The van der Waals surface area contributed by atoms with Gasteiger partial charge in [-0.25, -0.2) is 4.39 Å². The van der Waals surface area contributed by atoms with Gasteiger partial charge in [-0.2, -0.15) is 0 Å². The van der Waals surface area contributed by atoms with Crippen molar-refractivity contribution in [3.05, 3.63) is 35.1 Å². The van der Waals surface area contributed by atoms with Crippen LogP contribution >= 0.6 is 24.0 Å². The molecule has 0 bridgehead atoms. The molecule has 1 saturated heterocycles. The third-order valence-corrected chi connectivity index (χ3v) is 3.99. The van der Waals surface area contributed by atoms with Crippen molar-refractivity contribution in [1.29, 1.82) is 0 Å². The average Bonchev–Trinajstić information content (AvgIpc) is 3.04. The topological polar surface area (TPSA) is 46.1 Å². The number of halogens is 2. The predicted molar refractivity (Wildman–Crippen MR) is 104 cm³/mol. The van der Waals surface area contributed by atoms with Crippen LogP contribution in [0.25, 0.3) is 0 Å². The lowest BCUT2D eigenvalue weighted by molar-refractivity contribution is 0.181. The number of hydrogen-bond acceptors (Lipinski definition) is 3. The van der Waals surface area contributed by atoms with Crippen LogP contribution in [0.3, 0.4) is 0 Å². The Balaban J connectivity index is 0.00000288. The van der Waals surface area contributed by atoms with Crippen LogP contribution in [0.5, 0.6) is 0 Å². The third-order valence-electron chi connectivity index (χ3n) is 3.99. The SMILES string of the molecule is CN=C(NCc1ccc(F)c(COC)c1)N(C)CC1CCOC1.I. The molecule has 1 fully saturated rings. The minimum absolute atomic E-state index is 0. The molecule has 24 heavy (non-hydrogen) atoms. The van der Waals surface area contributed by atoms with Crippen LogP contribution in [0.2, 0.25) is 0 Å². The Kier molecular flexibility index (Phi) is 9.53. The highest BCUT2D eigenvalue weighted by Crippen LogP contribution is 2.14. The molecule has 1 unspecified atom stereocenters. The first-order valence-corrected chi connectivity index (χ1v) is 7.89. The Morgan fingerprint density at radius 3 is 2.92 bits per heavy atom. The van der Waals surface area contributed by atoms with E-state index in [4.69, 9.17) is 9.47 Å². The maximum atomic E-state index is 13.6. The Labute approximate surface area is 160 Å². The van der Waals surface area contributed by atoms with Gasteiger partial charge in [0.15, 0.2) is 5.96 Å². The van der Waals surface area contributed by atoms with E-state index in [0.29, 0.717) is 18.0 Å². The van der Waals surface area contributed by atoms with Crippen LogP contribution in [-0.2, 0) is 22.6 Å². The second-order valence-electron chi connectivity index (χ2n) is 5.87. The van der Waals surface area contributed by atoms with E-state index in [0.717, 1.165) is 37.7 Å². The molecule has 1 aliphatic rings. The summed E-state index contributed by atoms with van der Waals surface area (Å²) in [6.07, 6.45) is 1.10. The molecule has 2 rings (SSSR count). The van der Waals surface area contributed by atoms with E-state index in [1.54, 1.807) is 20.2 Å². The standard InChI is InChI=1S/C17H26FN3O2.HI/c1-19-17(21(2)10-14-6-7-23-11-14)20-9-13-4-5-16(18)15(8-13)12-22-3;/h4-5,8,14H,6-7,9-12H2,1-3H3,(H,19,20);1H. The van der Waals surface area contributed by atoms with Crippen LogP contribution in [0.4, 0.5) is 4.39 Å². The first kappa shape index (κ1) is 21.1. The number of benzene rings is 1. The van der Waals surface area contributed by atoms with Crippen molar-refractivity contribution < 1.29 is 13.9 Å². The highest BCUT2D eigenvalue weighted by molar-refractivity contribution is 14.0. The van der Waals surface area contributed by atoms with Crippen molar-refractivity contribution in [2.75, 3.05) is 41.0 Å². The van der Waals surface area contributed by atoms with Gasteiger partial charge in [0.25, 0.3) is 0 Å². The molecule has 7 heteroatoms. The Morgan fingerprint density at radius 2 is 2.29 bits per heavy atom. The molecule has 1 N–H and O–H groups in total. The molecule has 1 heterocycles. The van der Waals surface area contributed by atoms with Gasteiger partial charge in [0.1, 0.15) is 5.82 Å². The number of methoxy groups -OCH3 is 1. The number of aliphatic imine (C=N–C) groups is 1.